The Morgan fingerprint density at radius 3 is 2.82 bits per heavy atom. The summed E-state index contributed by atoms with van der Waals surface area (Å²) in [5, 5.41) is 0. The standard InChI is InChI=1S/C18H24INO2/c1-4-11-5-6-12(9-15(11)19)14-10-13-7-8-16(20(13)2)17(14)18(21)22-3/h5-6,13,16-17H,4,7-10H2,1-3H3/b14-12+. The van der Waals surface area contributed by atoms with Gasteiger partial charge in [-0.1, -0.05) is 19.1 Å². The van der Waals surface area contributed by atoms with E-state index in [1.807, 2.05) is 0 Å². The van der Waals surface area contributed by atoms with E-state index in [9.17, 15) is 4.79 Å². The van der Waals surface area contributed by atoms with Crippen molar-refractivity contribution in [1.82, 2.24) is 4.90 Å². The smallest absolute Gasteiger partial charge is 0.314 e. The minimum absolute atomic E-state index is 0.0617. The van der Waals surface area contributed by atoms with Crippen molar-refractivity contribution in [2.24, 2.45) is 5.92 Å². The Morgan fingerprint density at radius 1 is 1.41 bits per heavy atom. The number of methoxy groups -OCH3 is 1. The molecule has 0 saturated carbocycles. The van der Waals surface area contributed by atoms with Crippen molar-refractivity contribution in [2.45, 2.75) is 51.1 Å². The topological polar surface area (TPSA) is 29.5 Å². The molecule has 2 aliphatic heterocycles. The molecule has 1 aliphatic carbocycles. The van der Waals surface area contributed by atoms with Crippen LogP contribution >= 0.6 is 22.6 Å². The van der Waals surface area contributed by atoms with E-state index in [0.29, 0.717) is 12.1 Å². The first-order valence-electron chi connectivity index (χ1n) is 8.14. The third kappa shape index (κ3) is 2.68. The number of ether oxygens (including phenoxy) is 1. The maximum atomic E-state index is 12.4. The summed E-state index contributed by atoms with van der Waals surface area (Å²) in [6, 6.07) is 0.910. The van der Waals surface area contributed by atoms with E-state index in [2.05, 4.69) is 53.6 Å². The van der Waals surface area contributed by atoms with Crippen LogP contribution in [0.25, 0.3) is 0 Å². The quantitative estimate of drug-likeness (QED) is 0.507. The molecule has 0 N–H and O–H groups in total. The normalized spacial score (nSPS) is 35.2. The van der Waals surface area contributed by atoms with Crippen molar-refractivity contribution in [3.05, 3.63) is 32.5 Å². The number of rotatable bonds is 2. The molecule has 4 heteroatoms. The number of halogens is 1. The molecule has 0 spiro atoms. The minimum atomic E-state index is -0.0826. The summed E-state index contributed by atoms with van der Waals surface area (Å²) in [6.45, 7) is 2.20. The van der Waals surface area contributed by atoms with Crippen LogP contribution in [0.2, 0.25) is 0 Å². The Labute approximate surface area is 146 Å². The monoisotopic (exact) mass is 413 g/mol. The number of esters is 1. The number of carbonyl (C=O) groups is 1. The Hall–Kier alpha value is -0.620. The molecule has 3 nitrogen and oxygen atoms in total. The molecule has 3 unspecified atom stereocenters. The molecule has 2 saturated heterocycles. The van der Waals surface area contributed by atoms with E-state index in [1.54, 1.807) is 0 Å². The Morgan fingerprint density at radius 2 is 2.18 bits per heavy atom. The predicted octanol–water partition coefficient (Wildman–Crippen LogP) is 4.00. The largest absolute Gasteiger partial charge is 0.469 e. The van der Waals surface area contributed by atoms with Crippen LogP contribution in [0, 0.1) is 5.92 Å². The van der Waals surface area contributed by atoms with Crippen molar-refractivity contribution in [3.63, 3.8) is 0 Å². The number of carbonyl (C=O) groups excluding carboxylic acids is 1. The highest BCUT2D eigenvalue weighted by molar-refractivity contribution is 14.1. The van der Waals surface area contributed by atoms with Crippen LogP contribution in [0.1, 0.15) is 39.0 Å². The molecule has 0 aromatic carbocycles. The van der Waals surface area contributed by atoms with E-state index < -0.39 is 0 Å². The van der Waals surface area contributed by atoms with Crippen LogP contribution in [0.3, 0.4) is 0 Å². The Balaban J connectivity index is 1.98. The van der Waals surface area contributed by atoms with Gasteiger partial charge in [-0.05, 0) is 75.6 Å². The van der Waals surface area contributed by atoms with Gasteiger partial charge in [-0.15, -0.1) is 0 Å². The molecule has 3 aliphatic rings. The predicted molar refractivity (Wildman–Crippen MR) is 96.8 cm³/mol. The molecule has 0 aromatic rings. The van der Waals surface area contributed by atoms with Crippen molar-refractivity contribution >= 4 is 28.6 Å². The molecule has 2 bridgehead atoms. The zero-order valence-electron chi connectivity index (χ0n) is 13.6. The lowest BCUT2D eigenvalue weighted by Crippen LogP contribution is -2.47. The van der Waals surface area contributed by atoms with E-state index >= 15 is 0 Å². The molecule has 3 atom stereocenters. The van der Waals surface area contributed by atoms with Crippen LogP contribution < -0.4 is 0 Å². The third-order valence-corrected chi connectivity index (χ3v) is 6.61. The van der Waals surface area contributed by atoms with E-state index in [4.69, 9.17) is 4.74 Å². The summed E-state index contributed by atoms with van der Waals surface area (Å²) in [5.74, 6) is -0.144. The lowest BCUT2D eigenvalue weighted by molar-refractivity contribution is -0.146. The highest BCUT2D eigenvalue weighted by atomic mass is 127. The van der Waals surface area contributed by atoms with Gasteiger partial charge in [-0.2, -0.15) is 0 Å². The average Bonchev–Trinajstić information content (AvgIpc) is 2.76. The van der Waals surface area contributed by atoms with Gasteiger partial charge in [0.05, 0.1) is 13.0 Å². The van der Waals surface area contributed by atoms with E-state index in [0.717, 1.165) is 25.7 Å². The maximum Gasteiger partial charge on any atom is 0.314 e. The molecule has 120 valence electrons. The summed E-state index contributed by atoms with van der Waals surface area (Å²) in [6.07, 6.45) is 9.85. The van der Waals surface area contributed by atoms with Crippen molar-refractivity contribution in [2.75, 3.05) is 14.2 Å². The van der Waals surface area contributed by atoms with E-state index in [-0.39, 0.29) is 11.9 Å². The zero-order valence-corrected chi connectivity index (χ0v) is 15.7. The second-order valence-electron chi connectivity index (χ2n) is 6.51. The van der Waals surface area contributed by atoms with Crippen molar-refractivity contribution in [1.29, 1.82) is 0 Å². The first-order valence-corrected chi connectivity index (χ1v) is 9.22. The highest BCUT2D eigenvalue weighted by Gasteiger charge is 2.47. The third-order valence-electron chi connectivity index (χ3n) is 5.54. The zero-order chi connectivity index (χ0) is 15.9. The molecule has 3 rings (SSSR count). The second kappa shape index (κ2) is 6.48. The molecule has 22 heavy (non-hydrogen) atoms. The number of hydrogen-bond acceptors (Lipinski definition) is 3. The fraction of sp³-hybridized carbons (Fsp3) is 0.611. The first-order chi connectivity index (χ1) is 10.6. The minimum Gasteiger partial charge on any atom is -0.469 e. The number of hydrogen-bond donors (Lipinski definition) is 0. The second-order valence-corrected chi connectivity index (χ2v) is 7.82. The van der Waals surface area contributed by atoms with Crippen LogP contribution in [0.15, 0.2) is 32.5 Å². The summed E-state index contributed by atoms with van der Waals surface area (Å²) < 4.78 is 6.56. The molecule has 0 radical (unpaired) electrons. The average molecular weight is 413 g/mol. The number of piperidine rings is 1. The SMILES string of the molecule is CCC1=C(I)C/C(=C2\CC3CCC(C2C(=O)OC)N3C)C=C1. The summed E-state index contributed by atoms with van der Waals surface area (Å²) in [4.78, 5) is 14.8. The molecular weight excluding hydrogens is 389 g/mol. The lowest BCUT2D eigenvalue weighted by atomic mass is 9.80. The Kier molecular flexibility index (Phi) is 4.78. The molecule has 2 heterocycles. The van der Waals surface area contributed by atoms with Crippen molar-refractivity contribution < 1.29 is 9.53 Å². The number of fused-ring (bicyclic) bond motifs is 2. The van der Waals surface area contributed by atoms with Gasteiger partial charge in [0.2, 0.25) is 0 Å². The van der Waals surface area contributed by atoms with Crippen molar-refractivity contribution in [3.8, 4) is 0 Å². The molecular formula is C18H24INO2. The van der Waals surface area contributed by atoms with Gasteiger partial charge in [-0.25, -0.2) is 0 Å². The van der Waals surface area contributed by atoms with Gasteiger partial charge in [0.15, 0.2) is 0 Å². The first kappa shape index (κ1) is 16.2. The summed E-state index contributed by atoms with van der Waals surface area (Å²) in [5.41, 5.74) is 4.11. The molecule has 0 amide bonds. The summed E-state index contributed by atoms with van der Waals surface area (Å²) in [7, 11) is 3.68. The molecule has 2 fully saturated rings. The van der Waals surface area contributed by atoms with Gasteiger partial charge in [0.25, 0.3) is 0 Å². The number of allylic oxidation sites excluding steroid dienone is 5. The fourth-order valence-corrected chi connectivity index (χ4v) is 5.19. The fourth-order valence-electron chi connectivity index (χ4n) is 4.22. The maximum absolute atomic E-state index is 12.4. The van der Waals surface area contributed by atoms with Crippen LogP contribution in [0.4, 0.5) is 0 Å². The highest BCUT2D eigenvalue weighted by Crippen LogP contribution is 2.45. The van der Waals surface area contributed by atoms with E-state index in [1.165, 1.54) is 33.8 Å². The molecule has 0 aromatic heterocycles. The van der Waals surface area contributed by atoms with Gasteiger partial charge in [-0.3, -0.25) is 9.69 Å². The summed E-state index contributed by atoms with van der Waals surface area (Å²) >= 11 is 2.46. The number of nitrogens with zero attached hydrogens (tertiary/aromatic N) is 1. The Bertz CT molecular complexity index is 576. The van der Waals surface area contributed by atoms with Gasteiger partial charge < -0.3 is 4.74 Å². The van der Waals surface area contributed by atoms with Crippen LogP contribution in [-0.4, -0.2) is 37.1 Å². The van der Waals surface area contributed by atoms with Gasteiger partial charge in [0, 0.05) is 18.5 Å². The van der Waals surface area contributed by atoms with Crippen LogP contribution in [-0.2, 0) is 9.53 Å². The van der Waals surface area contributed by atoms with Gasteiger partial charge >= 0.3 is 5.97 Å². The van der Waals surface area contributed by atoms with Crippen LogP contribution in [0.5, 0.6) is 0 Å². The lowest BCUT2D eigenvalue weighted by Gasteiger charge is -2.39. The van der Waals surface area contributed by atoms with Gasteiger partial charge in [0.1, 0.15) is 0 Å².